The molecule has 6 heteroatoms. The van der Waals surface area contributed by atoms with Crippen LogP contribution in [0.1, 0.15) is 49.5 Å². The van der Waals surface area contributed by atoms with E-state index >= 15 is 0 Å². The van der Waals surface area contributed by atoms with Crippen LogP contribution in [0.4, 0.5) is 0 Å². The number of rotatable bonds is 5. The van der Waals surface area contributed by atoms with E-state index in [0.717, 1.165) is 30.6 Å². The molecule has 2 N–H and O–H groups in total. The average Bonchev–Trinajstić information content (AvgIpc) is 3.25. The fourth-order valence-electron chi connectivity index (χ4n) is 3.51. The molecule has 2 aromatic heterocycles. The summed E-state index contributed by atoms with van der Waals surface area (Å²) in [6.45, 7) is 1.90. The number of hydrogen-bond acceptors (Lipinski definition) is 4. The number of aliphatic hydroxyl groups is 1. The first-order valence-electron chi connectivity index (χ1n) is 8.48. The van der Waals surface area contributed by atoms with Gasteiger partial charge in [-0.15, -0.1) is 11.3 Å². The molecule has 0 radical (unpaired) electrons. The average molecular weight is 347 g/mol. The Kier molecular flexibility index (Phi) is 4.78. The molecule has 1 amide bonds. The van der Waals surface area contributed by atoms with Crippen molar-refractivity contribution in [2.75, 3.05) is 6.54 Å². The molecule has 1 atom stereocenters. The minimum Gasteiger partial charge on any atom is -0.383 e. The number of nitrogens with one attached hydrogen (secondary N) is 1. The molecular weight excluding hydrogens is 322 g/mol. The van der Waals surface area contributed by atoms with E-state index in [0.29, 0.717) is 5.56 Å². The summed E-state index contributed by atoms with van der Waals surface area (Å²) in [5, 5.41) is 19.8. The molecule has 1 unspecified atom stereocenters. The Balaban J connectivity index is 1.75. The molecule has 0 aromatic carbocycles. The van der Waals surface area contributed by atoms with Crippen molar-refractivity contribution in [2.45, 2.75) is 50.0 Å². The Hall–Kier alpha value is -1.66. The van der Waals surface area contributed by atoms with Gasteiger partial charge in [0.1, 0.15) is 5.60 Å². The van der Waals surface area contributed by atoms with Crippen LogP contribution in [-0.2, 0) is 22.9 Å². The molecule has 1 aliphatic rings. The smallest absolute Gasteiger partial charge is 0.231 e. The summed E-state index contributed by atoms with van der Waals surface area (Å²) in [5.41, 5.74) is -0.855. The molecule has 5 nitrogen and oxygen atoms in total. The van der Waals surface area contributed by atoms with E-state index < -0.39 is 11.0 Å². The predicted molar refractivity (Wildman–Crippen MR) is 94.9 cm³/mol. The second-order valence-corrected chi connectivity index (χ2v) is 7.93. The zero-order valence-corrected chi connectivity index (χ0v) is 15.1. The largest absolute Gasteiger partial charge is 0.383 e. The second kappa shape index (κ2) is 6.69. The number of aromatic nitrogens is 2. The van der Waals surface area contributed by atoms with Gasteiger partial charge in [-0.05, 0) is 31.2 Å². The third-order valence-corrected chi connectivity index (χ3v) is 6.13. The maximum Gasteiger partial charge on any atom is 0.231 e. The van der Waals surface area contributed by atoms with E-state index in [9.17, 15) is 9.90 Å². The van der Waals surface area contributed by atoms with Crippen LogP contribution in [0.15, 0.2) is 29.9 Å². The van der Waals surface area contributed by atoms with Crippen molar-refractivity contribution in [1.82, 2.24) is 15.1 Å². The van der Waals surface area contributed by atoms with Gasteiger partial charge < -0.3 is 10.4 Å². The minimum atomic E-state index is -1.13. The van der Waals surface area contributed by atoms with Crippen LogP contribution < -0.4 is 5.32 Å². The Morgan fingerprint density at radius 3 is 2.79 bits per heavy atom. The Bertz CT molecular complexity index is 685. The van der Waals surface area contributed by atoms with Gasteiger partial charge in [-0.2, -0.15) is 5.10 Å². The van der Waals surface area contributed by atoms with Gasteiger partial charge in [0.25, 0.3) is 0 Å². The number of thiophene rings is 1. The minimum absolute atomic E-state index is 0.0359. The van der Waals surface area contributed by atoms with Crippen LogP contribution in [0.3, 0.4) is 0 Å². The van der Waals surface area contributed by atoms with E-state index in [1.807, 2.05) is 18.5 Å². The van der Waals surface area contributed by atoms with Crippen LogP contribution in [0, 0.1) is 0 Å². The van der Waals surface area contributed by atoms with Gasteiger partial charge in [0.05, 0.1) is 18.2 Å². The number of carbonyl (C=O) groups is 1. The van der Waals surface area contributed by atoms with Gasteiger partial charge in [0.2, 0.25) is 5.91 Å². The monoisotopic (exact) mass is 347 g/mol. The number of aryl methyl sites for hydroxylation is 1. The van der Waals surface area contributed by atoms with Crippen LogP contribution in [0.25, 0.3) is 0 Å². The van der Waals surface area contributed by atoms with Crippen molar-refractivity contribution in [2.24, 2.45) is 7.05 Å². The highest BCUT2D eigenvalue weighted by Gasteiger charge is 2.42. The summed E-state index contributed by atoms with van der Waals surface area (Å²) in [4.78, 5) is 14.2. The molecule has 0 saturated heterocycles. The summed E-state index contributed by atoms with van der Waals surface area (Å²) < 4.78 is 1.65. The van der Waals surface area contributed by atoms with Gasteiger partial charge in [0, 0.05) is 23.7 Å². The SMILES string of the molecule is Cn1cc(C(C)(O)CNC(=O)C2(c3cccs3)CCCCC2)cn1. The van der Waals surface area contributed by atoms with E-state index in [-0.39, 0.29) is 12.5 Å². The molecule has 3 rings (SSSR count). The molecule has 130 valence electrons. The molecule has 0 aliphatic heterocycles. The van der Waals surface area contributed by atoms with E-state index in [2.05, 4.69) is 16.5 Å². The molecule has 1 saturated carbocycles. The molecule has 2 heterocycles. The summed E-state index contributed by atoms with van der Waals surface area (Å²) in [7, 11) is 1.81. The van der Waals surface area contributed by atoms with Gasteiger partial charge in [-0.1, -0.05) is 25.3 Å². The van der Waals surface area contributed by atoms with Crippen molar-refractivity contribution < 1.29 is 9.90 Å². The van der Waals surface area contributed by atoms with Crippen LogP contribution in [-0.4, -0.2) is 27.3 Å². The van der Waals surface area contributed by atoms with E-state index in [1.165, 1.54) is 6.42 Å². The van der Waals surface area contributed by atoms with Gasteiger partial charge in [-0.3, -0.25) is 9.48 Å². The third-order valence-electron chi connectivity index (χ3n) is 5.05. The Labute approximate surface area is 146 Å². The topological polar surface area (TPSA) is 67.2 Å². The van der Waals surface area contributed by atoms with Crippen molar-refractivity contribution in [1.29, 1.82) is 0 Å². The maximum absolute atomic E-state index is 13.1. The van der Waals surface area contributed by atoms with Gasteiger partial charge >= 0.3 is 0 Å². The highest BCUT2D eigenvalue weighted by molar-refractivity contribution is 7.10. The van der Waals surface area contributed by atoms with Crippen molar-refractivity contribution in [3.8, 4) is 0 Å². The van der Waals surface area contributed by atoms with Crippen molar-refractivity contribution >= 4 is 17.2 Å². The van der Waals surface area contributed by atoms with E-state index in [1.54, 1.807) is 35.3 Å². The molecule has 1 aliphatic carbocycles. The summed E-state index contributed by atoms with van der Waals surface area (Å²) >= 11 is 1.65. The lowest BCUT2D eigenvalue weighted by Gasteiger charge is -2.36. The molecule has 2 aromatic rings. The highest BCUT2D eigenvalue weighted by Crippen LogP contribution is 2.41. The standard InChI is InChI=1S/C18H25N3O2S/c1-17(23,14-11-20-21(2)12-14)13-19-16(22)18(8-4-3-5-9-18)15-7-6-10-24-15/h6-7,10-12,23H,3-5,8-9,13H2,1-2H3,(H,19,22). The summed E-state index contributed by atoms with van der Waals surface area (Å²) in [6, 6.07) is 4.07. The number of amides is 1. The highest BCUT2D eigenvalue weighted by atomic mass is 32.1. The first kappa shape index (κ1) is 17.2. The first-order chi connectivity index (χ1) is 11.4. The maximum atomic E-state index is 13.1. The second-order valence-electron chi connectivity index (χ2n) is 6.98. The first-order valence-corrected chi connectivity index (χ1v) is 9.36. The molecular formula is C18H25N3O2S. The molecule has 1 fully saturated rings. The fraction of sp³-hybridized carbons (Fsp3) is 0.556. The molecule has 0 bridgehead atoms. The third kappa shape index (κ3) is 3.26. The molecule has 24 heavy (non-hydrogen) atoms. The number of carbonyl (C=O) groups excluding carboxylic acids is 1. The van der Waals surface area contributed by atoms with Gasteiger partial charge in [-0.25, -0.2) is 0 Å². The molecule has 0 spiro atoms. The number of hydrogen-bond donors (Lipinski definition) is 2. The summed E-state index contributed by atoms with van der Waals surface area (Å²) in [5.74, 6) is 0.0359. The lowest BCUT2D eigenvalue weighted by Crippen LogP contribution is -2.49. The quantitative estimate of drug-likeness (QED) is 0.874. The lowest BCUT2D eigenvalue weighted by molar-refractivity contribution is -0.129. The summed E-state index contributed by atoms with van der Waals surface area (Å²) in [6.07, 6.45) is 8.52. The van der Waals surface area contributed by atoms with Crippen LogP contribution in [0.2, 0.25) is 0 Å². The van der Waals surface area contributed by atoms with E-state index in [4.69, 9.17) is 0 Å². The normalized spacial score (nSPS) is 19.6. The lowest BCUT2D eigenvalue weighted by atomic mass is 9.72. The van der Waals surface area contributed by atoms with Gasteiger partial charge in [0.15, 0.2) is 0 Å². The van der Waals surface area contributed by atoms with Crippen molar-refractivity contribution in [3.05, 3.63) is 40.3 Å². The van der Waals surface area contributed by atoms with Crippen molar-refractivity contribution in [3.63, 3.8) is 0 Å². The number of nitrogens with zero attached hydrogens (tertiary/aromatic N) is 2. The van der Waals surface area contributed by atoms with Crippen LogP contribution in [0.5, 0.6) is 0 Å². The Morgan fingerprint density at radius 2 is 2.21 bits per heavy atom. The zero-order chi connectivity index (χ0) is 17.2. The zero-order valence-electron chi connectivity index (χ0n) is 14.3. The predicted octanol–water partition coefficient (Wildman–Crippen LogP) is 2.71. The fourth-order valence-corrected chi connectivity index (χ4v) is 4.50. The van der Waals surface area contributed by atoms with Crippen LogP contribution >= 0.6 is 11.3 Å². The Morgan fingerprint density at radius 1 is 1.46 bits per heavy atom.